The Morgan fingerprint density at radius 2 is 1.41 bits per heavy atom. The lowest BCUT2D eigenvalue weighted by Gasteiger charge is -2.21. The lowest BCUT2D eigenvalue weighted by Crippen LogP contribution is -2.06. The van der Waals surface area contributed by atoms with E-state index in [-0.39, 0.29) is 0 Å². The molecule has 140 valence electrons. The Morgan fingerprint density at radius 3 is 2.07 bits per heavy atom. The fourth-order valence-electron chi connectivity index (χ4n) is 3.52. The van der Waals surface area contributed by atoms with Crippen molar-refractivity contribution in [2.24, 2.45) is 0 Å². The van der Waals surface area contributed by atoms with Gasteiger partial charge in [0.1, 0.15) is 6.33 Å². The summed E-state index contributed by atoms with van der Waals surface area (Å²) in [5, 5.41) is 8.04. The molecule has 5 nitrogen and oxygen atoms in total. The first-order chi connectivity index (χ1) is 13.2. The van der Waals surface area contributed by atoms with Crippen molar-refractivity contribution in [3.05, 3.63) is 78.4 Å². The van der Waals surface area contributed by atoms with Crippen molar-refractivity contribution >= 4 is 0 Å². The molecule has 0 aliphatic carbocycles. The number of pyridine rings is 1. The van der Waals surface area contributed by atoms with Gasteiger partial charge in [-0.05, 0) is 78.8 Å². The van der Waals surface area contributed by atoms with E-state index in [9.17, 15) is 0 Å². The van der Waals surface area contributed by atoms with Crippen LogP contribution in [0.25, 0.3) is 0 Å². The fourth-order valence-corrected chi connectivity index (χ4v) is 3.52. The number of rotatable bonds is 9. The van der Waals surface area contributed by atoms with E-state index in [1.807, 2.05) is 30.9 Å². The van der Waals surface area contributed by atoms with Crippen LogP contribution in [0, 0.1) is 0 Å². The molecule has 3 aromatic rings. The van der Waals surface area contributed by atoms with Gasteiger partial charge < -0.3 is 0 Å². The van der Waals surface area contributed by atoms with Crippen LogP contribution in [-0.4, -0.2) is 25.1 Å². The van der Waals surface area contributed by atoms with Crippen LogP contribution in [0.3, 0.4) is 0 Å². The van der Waals surface area contributed by atoms with E-state index < -0.39 is 0 Å². The average molecular weight is 361 g/mol. The van der Waals surface area contributed by atoms with Crippen molar-refractivity contribution in [2.45, 2.75) is 57.3 Å². The number of nitrogens with zero attached hydrogens (tertiary/aromatic N) is 5. The molecule has 0 spiro atoms. The maximum atomic E-state index is 4.40. The van der Waals surface area contributed by atoms with Crippen LogP contribution in [0.15, 0.2) is 61.6 Å². The van der Waals surface area contributed by atoms with Crippen LogP contribution >= 0.6 is 0 Å². The minimum Gasteiger partial charge on any atom is -0.265 e. The molecule has 0 saturated carbocycles. The van der Waals surface area contributed by atoms with Gasteiger partial charge in [-0.2, -0.15) is 10.2 Å². The van der Waals surface area contributed by atoms with E-state index >= 15 is 0 Å². The van der Waals surface area contributed by atoms with Gasteiger partial charge >= 0.3 is 0 Å². The van der Waals surface area contributed by atoms with Gasteiger partial charge in [-0.1, -0.05) is 13.8 Å². The zero-order valence-electron chi connectivity index (χ0n) is 16.1. The highest BCUT2D eigenvalue weighted by atomic mass is 15.1. The summed E-state index contributed by atoms with van der Waals surface area (Å²) in [6, 6.07) is 8.35. The van der Waals surface area contributed by atoms with E-state index in [1.165, 1.54) is 11.1 Å². The van der Waals surface area contributed by atoms with Crippen LogP contribution in [-0.2, 0) is 0 Å². The third-order valence-electron chi connectivity index (χ3n) is 5.36. The first kappa shape index (κ1) is 19.1. The van der Waals surface area contributed by atoms with E-state index in [0.29, 0.717) is 17.8 Å². The van der Waals surface area contributed by atoms with E-state index in [1.54, 1.807) is 12.5 Å². The summed E-state index contributed by atoms with van der Waals surface area (Å²) in [7, 11) is 0. The highest BCUT2D eigenvalue weighted by Crippen LogP contribution is 2.33. The molecule has 3 unspecified atom stereocenters. The third-order valence-corrected chi connectivity index (χ3v) is 5.36. The van der Waals surface area contributed by atoms with Crippen molar-refractivity contribution < 1.29 is 0 Å². The SMILES string of the molecule is CC(CCC(CCC(C)c1ccncn1)c1ccnnc1)c1ccncc1. The fraction of sp³-hybridized carbons (Fsp3) is 0.409. The molecule has 0 aromatic carbocycles. The minimum absolute atomic E-state index is 0.419. The molecule has 0 radical (unpaired) electrons. The zero-order chi connectivity index (χ0) is 18.9. The quantitative estimate of drug-likeness (QED) is 0.541. The molecule has 0 bridgehead atoms. The highest BCUT2D eigenvalue weighted by molar-refractivity contribution is 5.16. The maximum absolute atomic E-state index is 4.40. The molecule has 5 heteroatoms. The largest absolute Gasteiger partial charge is 0.265 e. The standard InChI is InChI=1S/C22H27N5/c1-17(19-7-11-23-12-8-19)3-5-20(21-9-14-26-27-15-21)6-4-18(2)22-10-13-24-16-25-22/h7-18,20H,3-6H2,1-2H3. The second-order valence-corrected chi connectivity index (χ2v) is 7.24. The van der Waals surface area contributed by atoms with Gasteiger partial charge in [-0.3, -0.25) is 4.98 Å². The van der Waals surface area contributed by atoms with Gasteiger partial charge in [-0.15, -0.1) is 0 Å². The molecule has 0 aliphatic heterocycles. The smallest absolute Gasteiger partial charge is 0.115 e. The lowest BCUT2D eigenvalue weighted by molar-refractivity contribution is 0.481. The summed E-state index contributed by atoms with van der Waals surface area (Å²) < 4.78 is 0. The zero-order valence-corrected chi connectivity index (χ0v) is 16.1. The summed E-state index contributed by atoms with van der Waals surface area (Å²) in [6.07, 6.45) is 15.4. The first-order valence-corrected chi connectivity index (χ1v) is 9.66. The lowest BCUT2D eigenvalue weighted by atomic mass is 9.84. The van der Waals surface area contributed by atoms with Crippen LogP contribution in [0.4, 0.5) is 0 Å². The Bertz CT molecular complexity index is 730. The van der Waals surface area contributed by atoms with Crippen LogP contribution in [0.5, 0.6) is 0 Å². The van der Waals surface area contributed by atoms with Gasteiger partial charge in [0.15, 0.2) is 0 Å². The van der Waals surface area contributed by atoms with E-state index in [0.717, 1.165) is 31.4 Å². The Morgan fingerprint density at radius 1 is 0.704 bits per heavy atom. The summed E-state index contributed by atoms with van der Waals surface area (Å²) >= 11 is 0. The van der Waals surface area contributed by atoms with E-state index in [4.69, 9.17) is 0 Å². The summed E-state index contributed by atoms with van der Waals surface area (Å²) in [5.74, 6) is 1.42. The van der Waals surface area contributed by atoms with Crippen LogP contribution in [0.1, 0.15) is 74.1 Å². The second kappa shape index (κ2) is 9.86. The maximum Gasteiger partial charge on any atom is 0.115 e. The molecule has 0 amide bonds. The highest BCUT2D eigenvalue weighted by Gasteiger charge is 2.17. The van der Waals surface area contributed by atoms with Gasteiger partial charge in [0, 0.05) is 30.5 Å². The monoisotopic (exact) mass is 361 g/mol. The molecular weight excluding hydrogens is 334 g/mol. The Labute approximate surface area is 161 Å². The number of hydrogen-bond donors (Lipinski definition) is 0. The summed E-state index contributed by atoms with van der Waals surface area (Å²) in [5.41, 5.74) is 3.74. The molecule has 3 heterocycles. The van der Waals surface area contributed by atoms with Gasteiger partial charge in [0.25, 0.3) is 0 Å². The van der Waals surface area contributed by atoms with Crippen molar-refractivity contribution in [1.82, 2.24) is 25.1 Å². The van der Waals surface area contributed by atoms with E-state index in [2.05, 4.69) is 57.2 Å². The molecular formula is C22H27N5. The second-order valence-electron chi connectivity index (χ2n) is 7.24. The van der Waals surface area contributed by atoms with Crippen LogP contribution < -0.4 is 0 Å². The van der Waals surface area contributed by atoms with Gasteiger partial charge in [0.2, 0.25) is 0 Å². The molecule has 3 atom stereocenters. The Kier molecular flexibility index (Phi) is 6.97. The molecule has 0 fully saturated rings. The van der Waals surface area contributed by atoms with Crippen molar-refractivity contribution in [1.29, 1.82) is 0 Å². The van der Waals surface area contributed by atoms with Crippen molar-refractivity contribution in [3.8, 4) is 0 Å². The molecule has 27 heavy (non-hydrogen) atoms. The molecule has 3 aromatic heterocycles. The van der Waals surface area contributed by atoms with Gasteiger partial charge in [-0.25, -0.2) is 9.97 Å². The number of aromatic nitrogens is 5. The molecule has 0 saturated heterocycles. The Hall–Kier alpha value is -2.69. The molecule has 0 aliphatic rings. The predicted molar refractivity (Wildman–Crippen MR) is 106 cm³/mol. The average Bonchev–Trinajstić information content (AvgIpc) is 2.75. The first-order valence-electron chi connectivity index (χ1n) is 9.66. The summed E-state index contributed by atoms with van der Waals surface area (Å²) in [4.78, 5) is 12.5. The van der Waals surface area contributed by atoms with Crippen LogP contribution in [0.2, 0.25) is 0 Å². The molecule has 3 rings (SSSR count). The Balaban J connectivity index is 1.63. The van der Waals surface area contributed by atoms with Gasteiger partial charge in [0.05, 0.1) is 6.20 Å². The topological polar surface area (TPSA) is 64.5 Å². The normalized spacial score (nSPS) is 14.4. The minimum atomic E-state index is 0.419. The van der Waals surface area contributed by atoms with Crippen molar-refractivity contribution in [3.63, 3.8) is 0 Å². The molecule has 0 N–H and O–H groups in total. The predicted octanol–water partition coefficient (Wildman–Crippen LogP) is 4.91. The summed E-state index contributed by atoms with van der Waals surface area (Å²) in [6.45, 7) is 4.53. The third kappa shape index (κ3) is 5.64. The van der Waals surface area contributed by atoms with Crippen molar-refractivity contribution in [2.75, 3.05) is 0 Å². The number of hydrogen-bond acceptors (Lipinski definition) is 5.